The van der Waals surface area contributed by atoms with Crippen molar-refractivity contribution in [1.82, 2.24) is 10.2 Å². The van der Waals surface area contributed by atoms with Gasteiger partial charge in [-0.25, -0.2) is 0 Å². The van der Waals surface area contributed by atoms with E-state index in [4.69, 9.17) is 9.15 Å². The molecule has 1 unspecified atom stereocenters. The van der Waals surface area contributed by atoms with Crippen LogP contribution in [0.3, 0.4) is 0 Å². The zero-order valence-corrected chi connectivity index (χ0v) is 13.7. The van der Waals surface area contributed by atoms with Crippen LogP contribution in [0.25, 0.3) is 0 Å². The second kappa shape index (κ2) is 8.57. The maximum atomic E-state index is 5.65. The van der Waals surface area contributed by atoms with Gasteiger partial charge in [0, 0.05) is 31.8 Å². The van der Waals surface area contributed by atoms with Gasteiger partial charge in [0.15, 0.2) is 0 Å². The zero-order chi connectivity index (χ0) is 15.1. The lowest BCUT2D eigenvalue weighted by Crippen LogP contribution is -2.36. The first-order valence-corrected chi connectivity index (χ1v) is 8.25. The highest BCUT2D eigenvalue weighted by Crippen LogP contribution is 2.35. The molecule has 1 saturated carbocycles. The molecule has 21 heavy (non-hydrogen) atoms. The van der Waals surface area contributed by atoms with Gasteiger partial charge in [-0.1, -0.05) is 6.92 Å². The molecule has 1 aromatic rings. The van der Waals surface area contributed by atoms with Gasteiger partial charge in [0.05, 0.1) is 19.4 Å². The summed E-state index contributed by atoms with van der Waals surface area (Å²) in [7, 11) is 1.78. The van der Waals surface area contributed by atoms with Crippen molar-refractivity contribution in [2.75, 3.05) is 26.8 Å². The van der Waals surface area contributed by atoms with Gasteiger partial charge in [-0.3, -0.25) is 4.90 Å². The van der Waals surface area contributed by atoms with E-state index in [1.807, 2.05) is 6.26 Å². The third-order valence-electron chi connectivity index (χ3n) is 4.39. The molecular formula is C17H30N2O2. The lowest BCUT2D eigenvalue weighted by molar-refractivity contribution is 0.111. The van der Waals surface area contributed by atoms with Crippen LogP contribution in [0.5, 0.6) is 0 Å². The molecule has 0 saturated heterocycles. The van der Waals surface area contributed by atoms with Crippen LogP contribution in [0.2, 0.25) is 0 Å². The molecule has 0 spiro atoms. The van der Waals surface area contributed by atoms with E-state index in [9.17, 15) is 0 Å². The molecule has 1 heterocycles. The highest BCUT2D eigenvalue weighted by Gasteiger charge is 2.32. The molecule has 2 rings (SSSR count). The van der Waals surface area contributed by atoms with Crippen molar-refractivity contribution in [3.63, 3.8) is 0 Å². The first kappa shape index (κ1) is 16.5. The Morgan fingerprint density at radius 2 is 2.29 bits per heavy atom. The van der Waals surface area contributed by atoms with E-state index >= 15 is 0 Å². The van der Waals surface area contributed by atoms with E-state index in [2.05, 4.69) is 30.1 Å². The standard InChI is InChI=1S/C17H30N2O2/c1-4-8-18-12-17-16(7-10-21-17)13-19(9-11-20-3)14(2)15-5-6-15/h7,10,14-15,18H,4-6,8-9,11-13H2,1-3H3. The first-order valence-electron chi connectivity index (χ1n) is 8.25. The predicted octanol–water partition coefficient (Wildman–Crippen LogP) is 3.03. The number of methoxy groups -OCH3 is 1. The van der Waals surface area contributed by atoms with Crippen molar-refractivity contribution < 1.29 is 9.15 Å². The minimum atomic E-state index is 0.631. The summed E-state index contributed by atoms with van der Waals surface area (Å²) in [5.41, 5.74) is 1.31. The van der Waals surface area contributed by atoms with Crippen LogP contribution < -0.4 is 5.32 Å². The average Bonchev–Trinajstić information content (AvgIpc) is 3.25. The molecule has 4 heteroatoms. The number of hydrogen-bond acceptors (Lipinski definition) is 4. The maximum Gasteiger partial charge on any atom is 0.122 e. The number of ether oxygens (including phenoxy) is 1. The summed E-state index contributed by atoms with van der Waals surface area (Å²) in [6.45, 7) is 9.13. The van der Waals surface area contributed by atoms with Gasteiger partial charge < -0.3 is 14.5 Å². The summed E-state index contributed by atoms with van der Waals surface area (Å²) in [4.78, 5) is 2.54. The van der Waals surface area contributed by atoms with Gasteiger partial charge >= 0.3 is 0 Å². The normalized spacial score (nSPS) is 16.6. The lowest BCUT2D eigenvalue weighted by atomic mass is 10.1. The van der Waals surface area contributed by atoms with Crippen LogP contribution in [0.15, 0.2) is 16.7 Å². The van der Waals surface area contributed by atoms with E-state index in [1.165, 1.54) is 18.4 Å². The summed E-state index contributed by atoms with van der Waals surface area (Å²) in [6.07, 6.45) is 5.71. The fourth-order valence-electron chi connectivity index (χ4n) is 2.77. The van der Waals surface area contributed by atoms with Crippen LogP contribution >= 0.6 is 0 Å². The SMILES string of the molecule is CCCNCc1occc1CN(CCOC)C(C)C1CC1. The van der Waals surface area contributed by atoms with Crippen LogP contribution in [0, 0.1) is 5.92 Å². The van der Waals surface area contributed by atoms with Crippen LogP contribution in [0.4, 0.5) is 0 Å². The second-order valence-corrected chi connectivity index (χ2v) is 6.09. The fourth-order valence-corrected chi connectivity index (χ4v) is 2.77. The molecule has 1 fully saturated rings. The molecule has 0 radical (unpaired) electrons. The third-order valence-corrected chi connectivity index (χ3v) is 4.39. The quantitative estimate of drug-likeness (QED) is 0.637. The monoisotopic (exact) mass is 294 g/mol. The summed E-state index contributed by atoms with van der Waals surface area (Å²) in [5.74, 6) is 1.95. The van der Waals surface area contributed by atoms with Gasteiger partial charge in [0.2, 0.25) is 0 Å². The van der Waals surface area contributed by atoms with Crippen molar-refractivity contribution in [2.24, 2.45) is 5.92 Å². The molecule has 120 valence electrons. The van der Waals surface area contributed by atoms with Crippen molar-refractivity contribution >= 4 is 0 Å². The molecule has 0 bridgehead atoms. The highest BCUT2D eigenvalue weighted by molar-refractivity contribution is 5.17. The Kier molecular flexibility index (Phi) is 6.74. The summed E-state index contributed by atoms with van der Waals surface area (Å²) in [6, 6.07) is 2.74. The number of rotatable bonds is 11. The van der Waals surface area contributed by atoms with E-state index < -0.39 is 0 Å². The van der Waals surface area contributed by atoms with Gasteiger partial charge in [0.1, 0.15) is 5.76 Å². The minimum absolute atomic E-state index is 0.631. The molecule has 1 aromatic heterocycles. The topological polar surface area (TPSA) is 37.6 Å². The minimum Gasteiger partial charge on any atom is -0.468 e. The largest absolute Gasteiger partial charge is 0.468 e. The fraction of sp³-hybridized carbons (Fsp3) is 0.765. The molecule has 0 aromatic carbocycles. The Morgan fingerprint density at radius 1 is 1.48 bits per heavy atom. The maximum absolute atomic E-state index is 5.65. The highest BCUT2D eigenvalue weighted by atomic mass is 16.5. The van der Waals surface area contributed by atoms with Crippen LogP contribution in [0.1, 0.15) is 44.4 Å². The van der Waals surface area contributed by atoms with Gasteiger partial charge in [-0.2, -0.15) is 0 Å². The Morgan fingerprint density at radius 3 is 2.95 bits per heavy atom. The Bertz CT molecular complexity index is 401. The summed E-state index contributed by atoms with van der Waals surface area (Å²) < 4.78 is 10.9. The number of furan rings is 1. The van der Waals surface area contributed by atoms with Gasteiger partial charge in [0.25, 0.3) is 0 Å². The molecule has 0 aliphatic heterocycles. The Labute approximate surface area is 128 Å². The van der Waals surface area contributed by atoms with Crippen LogP contribution in [-0.2, 0) is 17.8 Å². The Hall–Kier alpha value is -0.840. The Balaban J connectivity index is 1.93. The number of nitrogens with zero attached hydrogens (tertiary/aromatic N) is 1. The van der Waals surface area contributed by atoms with Crippen molar-refractivity contribution in [1.29, 1.82) is 0 Å². The smallest absolute Gasteiger partial charge is 0.122 e. The molecule has 1 atom stereocenters. The summed E-state index contributed by atoms with van der Waals surface area (Å²) in [5, 5.41) is 3.42. The number of hydrogen-bond donors (Lipinski definition) is 1. The van der Waals surface area contributed by atoms with Crippen molar-refractivity contribution in [2.45, 2.75) is 52.2 Å². The average molecular weight is 294 g/mol. The van der Waals surface area contributed by atoms with E-state index in [0.29, 0.717) is 6.04 Å². The number of nitrogens with one attached hydrogen (secondary N) is 1. The molecule has 1 N–H and O–H groups in total. The van der Waals surface area contributed by atoms with Gasteiger partial charge in [-0.05, 0) is 44.7 Å². The molecular weight excluding hydrogens is 264 g/mol. The summed E-state index contributed by atoms with van der Waals surface area (Å²) >= 11 is 0. The van der Waals surface area contributed by atoms with E-state index in [1.54, 1.807) is 7.11 Å². The van der Waals surface area contributed by atoms with Crippen molar-refractivity contribution in [3.05, 3.63) is 23.7 Å². The van der Waals surface area contributed by atoms with Crippen LogP contribution in [-0.4, -0.2) is 37.7 Å². The van der Waals surface area contributed by atoms with Gasteiger partial charge in [-0.15, -0.1) is 0 Å². The van der Waals surface area contributed by atoms with Crippen molar-refractivity contribution in [3.8, 4) is 0 Å². The third kappa shape index (κ3) is 5.13. The second-order valence-electron chi connectivity index (χ2n) is 6.09. The molecule has 4 nitrogen and oxygen atoms in total. The molecule has 0 amide bonds. The first-order chi connectivity index (χ1) is 10.3. The lowest BCUT2D eigenvalue weighted by Gasteiger charge is -2.29. The predicted molar refractivity (Wildman–Crippen MR) is 85.2 cm³/mol. The molecule has 1 aliphatic carbocycles. The van der Waals surface area contributed by atoms with E-state index in [0.717, 1.165) is 50.9 Å². The molecule has 1 aliphatic rings. The van der Waals surface area contributed by atoms with E-state index in [-0.39, 0.29) is 0 Å². The zero-order valence-electron chi connectivity index (χ0n) is 13.7.